The highest BCUT2D eigenvalue weighted by Crippen LogP contribution is 2.36. The van der Waals surface area contributed by atoms with Gasteiger partial charge in [0.2, 0.25) is 5.91 Å². The van der Waals surface area contributed by atoms with E-state index >= 15 is 0 Å². The van der Waals surface area contributed by atoms with Crippen molar-refractivity contribution in [3.63, 3.8) is 0 Å². The molecule has 1 saturated heterocycles. The Kier molecular flexibility index (Phi) is 8.96. The Morgan fingerprint density at radius 3 is 2.67 bits per heavy atom. The highest BCUT2D eigenvalue weighted by molar-refractivity contribution is 6.31. The molecule has 0 N–H and O–H groups in total. The third-order valence-electron chi connectivity index (χ3n) is 6.60. The van der Waals surface area contributed by atoms with Gasteiger partial charge in [0.1, 0.15) is 12.3 Å². The first-order valence-electron chi connectivity index (χ1n) is 12.4. The molecule has 192 valence electrons. The van der Waals surface area contributed by atoms with Crippen molar-refractivity contribution in [3.05, 3.63) is 64.7 Å². The molecule has 2 aromatic carbocycles. The number of methoxy groups -OCH3 is 1. The number of hydrogen-bond donors (Lipinski definition) is 0. The summed E-state index contributed by atoms with van der Waals surface area (Å²) in [4.78, 5) is 30.3. The summed E-state index contributed by atoms with van der Waals surface area (Å²) in [5.41, 5.74) is 2.49. The minimum absolute atomic E-state index is 0.0349. The van der Waals surface area contributed by atoms with Gasteiger partial charge in [-0.25, -0.2) is 5.01 Å². The maximum absolute atomic E-state index is 13.6. The van der Waals surface area contributed by atoms with Crippen LogP contribution in [0, 0.1) is 0 Å². The van der Waals surface area contributed by atoms with Gasteiger partial charge in [-0.05, 0) is 23.8 Å². The predicted molar refractivity (Wildman–Crippen MR) is 139 cm³/mol. The van der Waals surface area contributed by atoms with E-state index in [1.54, 1.807) is 12.0 Å². The van der Waals surface area contributed by atoms with Crippen LogP contribution in [0.5, 0.6) is 5.75 Å². The summed E-state index contributed by atoms with van der Waals surface area (Å²) < 4.78 is 10.8. The van der Waals surface area contributed by atoms with Crippen molar-refractivity contribution in [2.75, 3.05) is 53.0 Å². The number of morpholine rings is 1. The van der Waals surface area contributed by atoms with Crippen LogP contribution in [0.2, 0.25) is 5.02 Å². The maximum atomic E-state index is 13.6. The van der Waals surface area contributed by atoms with Crippen molar-refractivity contribution < 1.29 is 19.1 Å². The molecule has 36 heavy (non-hydrogen) atoms. The van der Waals surface area contributed by atoms with Gasteiger partial charge in [0.25, 0.3) is 5.91 Å². The lowest BCUT2D eigenvalue weighted by atomic mass is 9.98. The fraction of sp³-hybridized carbons (Fsp3) is 0.444. The molecule has 0 unspecified atom stereocenters. The average molecular weight is 513 g/mol. The lowest BCUT2D eigenvalue weighted by molar-refractivity contribution is -0.141. The van der Waals surface area contributed by atoms with Gasteiger partial charge in [0, 0.05) is 49.6 Å². The largest absolute Gasteiger partial charge is 0.497 e. The molecule has 1 fully saturated rings. The second-order valence-electron chi connectivity index (χ2n) is 8.88. The summed E-state index contributed by atoms with van der Waals surface area (Å²) in [6.45, 7) is 6.01. The van der Waals surface area contributed by atoms with Gasteiger partial charge in [-0.1, -0.05) is 48.9 Å². The van der Waals surface area contributed by atoms with E-state index in [-0.39, 0.29) is 24.4 Å². The highest BCUT2D eigenvalue weighted by Gasteiger charge is 2.35. The van der Waals surface area contributed by atoms with Gasteiger partial charge in [0.15, 0.2) is 0 Å². The number of halogens is 1. The van der Waals surface area contributed by atoms with Crippen LogP contribution in [0.15, 0.2) is 53.6 Å². The van der Waals surface area contributed by atoms with Crippen LogP contribution in [-0.2, 0) is 14.3 Å². The van der Waals surface area contributed by atoms with Crippen LogP contribution in [0.3, 0.4) is 0 Å². The van der Waals surface area contributed by atoms with Crippen LogP contribution in [-0.4, -0.2) is 85.4 Å². The summed E-state index contributed by atoms with van der Waals surface area (Å²) in [6.07, 6.45) is 0.848. The Balaban J connectivity index is 1.57. The van der Waals surface area contributed by atoms with E-state index < -0.39 is 0 Å². The molecule has 2 aliphatic heterocycles. The van der Waals surface area contributed by atoms with Crippen molar-refractivity contribution in [2.24, 2.45) is 5.10 Å². The van der Waals surface area contributed by atoms with Crippen LogP contribution in [0.25, 0.3) is 0 Å². The molecule has 2 amide bonds. The standard InChI is InChI=1S/C27H33ClN4O4/c1-3-26(33)31(12-11-30-13-15-36-16-14-30)19-27(34)32-25(22-9-4-5-10-23(22)28)18-24(29-32)20-7-6-8-21(17-20)35-2/h4-10,17,25H,3,11-16,18-19H2,1-2H3/t25-/m1/s1. The monoisotopic (exact) mass is 512 g/mol. The molecule has 1 atom stereocenters. The Bertz CT molecular complexity index is 1100. The highest BCUT2D eigenvalue weighted by atomic mass is 35.5. The number of carbonyl (C=O) groups is 2. The molecule has 2 aromatic rings. The zero-order valence-corrected chi connectivity index (χ0v) is 21.6. The second-order valence-corrected chi connectivity index (χ2v) is 9.29. The Morgan fingerprint density at radius 1 is 1.17 bits per heavy atom. The molecule has 0 saturated carbocycles. The summed E-state index contributed by atoms with van der Waals surface area (Å²) in [5, 5.41) is 6.82. The average Bonchev–Trinajstić information content (AvgIpc) is 3.37. The summed E-state index contributed by atoms with van der Waals surface area (Å²) in [7, 11) is 1.62. The number of ether oxygens (including phenoxy) is 2. The second kappa shape index (κ2) is 12.3. The molecular weight excluding hydrogens is 480 g/mol. The van der Waals surface area contributed by atoms with Gasteiger partial charge in [-0.3, -0.25) is 14.5 Å². The van der Waals surface area contributed by atoms with Gasteiger partial charge < -0.3 is 14.4 Å². The fourth-order valence-corrected chi connectivity index (χ4v) is 4.80. The Hall–Kier alpha value is -2.94. The van der Waals surface area contributed by atoms with Crippen LogP contribution >= 0.6 is 11.6 Å². The SMILES string of the molecule is CCC(=O)N(CCN1CCOCC1)CC(=O)N1N=C(c2cccc(OC)c2)C[C@@H]1c1ccccc1Cl. The van der Waals surface area contributed by atoms with Crippen LogP contribution < -0.4 is 4.74 Å². The molecule has 0 aromatic heterocycles. The molecule has 8 nitrogen and oxygen atoms in total. The van der Waals surface area contributed by atoms with Gasteiger partial charge in [-0.2, -0.15) is 5.10 Å². The smallest absolute Gasteiger partial charge is 0.262 e. The van der Waals surface area contributed by atoms with Gasteiger partial charge >= 0.3 is 0 Å². The lowest BCUT2D eigenvalue weighted by Gasteiger charge is -2.31. The number of carbonyl (C=O) groups excluding carboxylic acids is 2. The van der Waals surface area contributed by atoms with E-state index in [0.717, 1.165) is 35.7 Å². The quantitative estimate of drug-likeness (QED) is 0.513. The van der Waals surface area contributed by atoms with E-state index in [0.29, 0.717) is 44.2 Å². The normalized spacial score (nSPS) is 18.1. The third-order valence-corrected chi connectivity index (χ3v) is 6.95. The number of amides is 2. The number of hydrogen-bond acceptors (Lipinski definition) is 6. The van der Waals surface area contributed by atoms with Crippen molar-refractivity contribution in [1.29, 1.82) is 0 Å². The Labute approximate surface area is 217 Å². The molecule has 2 heterocycles. The van der Waals surface area contributed by atoms with Gasteiger partial charge in [-0.15, -0.1) is 0 Å². The first-order valence-corrected chi connectivity index (χ1v) is 12.7. The summed E-state index contributed by atoms with van der Waals surface area (Å²) >= 11 is 6.54. The van der Waals surface area contributed by atoms with E-state index in [2.05, 4.69) is 4.90 Å². The molecule has 0 bridgehead atoms. The van der Waals surface area contributed by atoms with Crippen LogP contribution in [0.1, 0.15) is 36.9 Å². The van der Waals surface area contributed by atoms with Crippen molar-refractivity contribution in [2.45, 2.75) is 25.8 Å². The Morgan fingerprint density at radius 2 is 1.94 bits per heavy atom. The maximum Gasteiger partial charge on any atom is 0.262 e. The first-order chi connectivity index (χ1) is 17.5. The molecule has 2 aliphatic rings. The molecular formula is C27H33ClN4O4. The minimum atomic E-state index is -0.356. The molecule has 0 radical (unpaired) electrons. The van der Waals surface area contributed by atoms with Crippen LogP contribution in [0.4, 0.5) is 0 Å². The van der Waals surface area contributed by atoms with Crippen molar-refractivity contribution in [3.8, 4) is 5.75 Å². The molecule has 0 aliphatic carbocycles. The summed E-state index contributed by atoms with van der Waals surface area (Å²) in [5.74, 6) is 0.431. The van der Waals surface area contributed by atoms with Crippen molar-refractivity contribution in [1.82, 2.24) is 14.8 Å². The molecule has 4 rings (SSSR count). The third kappa shape index (κ3) is 6.24. The molecule has 9 heteroatoms. The predicted octanol–water partition coefficient (Wildman–Crippen LogP) is 3.60. The number of hydrazone groups is 1. The topological polar surface area (TPSA) is 74.7 Å². The zero-order valence-electron chi connectivity index (χ0n) is 20.9. The number of benzene rings is 2. The van der Waals surface area contributed by atoms with E-state index in [1.165, 1.54) is 5.01 Å². The van der Waals surface area contributed by atoms with E-state index in [9.17, 15) is 9.59 Å². The zero-order chi connectivity index (χ0) is 25.5. The lowest BCUT2D eigenvalue weighted by Crippen LogP contribution is -2.46. The number of rotatable bonds is 9. The fourth-order valence-electron chi connectivity index (χ4n) is 4.54. The summed E-state index contributed by atoms with van der Waals surface area (Å²) in [6, 6.07) is 14.8. The van der Waals surface area contributed by atoms with Gasteiger partial charge in [0.05, 0.1) is 32.1 Å². The minimum Gasteiger partial charge on any atom is -0.497 e. The van der Waals surface area contributed by atoms with E-state index in [4.69, 9.17) is 26.2 Å². The first kappa shape index (κ1) is 26.1. The van der Waals surface area contributed by atoms with E-state index in [1.807, 2.05) is 55.5 Å². The number of nitrogens with zero attached hydrogens (tertiary/aromatic N) is 4. The molecule has 0 spiro atoms. The van der Waals surface area contributed by atoms with Crippen molar-refractivity contribution >= 4 is 29.1 Å².